The highest BCUT2D eigenvalue weighted by Crippen LogP contribution is 2.39. The molecule has 0 aliphatic carbocycles. The second kappa shape index (κ2) is 7.02. The fraction of sp³-hybridized carbons (Fsp3) is 0.375. The lowest BCUT2D eigenvalue weighted by Crippen LogP contribution is -2.30. The Morgan fingerprint density at radius 2 is 2.07 bits per heavy atom. The van der Waals surface area contributed by atoms with Gasteiger partial charge in [-0.05, 0) is 19.1 Å². The highest BCUT2D eigenvalue weighted by molar-refractivity contribution is 5.97. The van der Waals surface area contributed by atoms with E-state index in [-0.39, 0.29) is 42.4 Å². The fourth-order valence-electron chi connectivity index (χ4n) is 3.02. The average Bonchev–Trinajstić information content (AvgIpc) is 2.66. The summed E-state index contributed by atoms with van der Waals surface area (Å²) < 4.78 is 7.42. The molecule has 1 aromatic carbocycles. The van der Waals surface area contributed by atoms with Crippen LogP contribution >= 0.6 is 0 Å². The van der Waals surface area contributed by atoms with Gasteiger partial charge in [-0.25, -0.2) is 9.80 Å². The molecule has 1 aliphatic rings. The summed E-state index contributed by atoms with van der Waals surface area (Å²) in [5, 5.41) is 17.4. The standard InChI is InChI=1S/C16H17N5O6/c1-9-8-27-15-12(21(18-26)6-5-19(2)17-25)4-3-10-13(15)20(9)7-11(14(10)22)16(23)24/h3-4,7,9H,5-6,8H2,1-2H3,(H,23,24)/t9-/m0/s1. The van der Waals surface area contributed by atoms with Gasteiger partial charge in [0.15, 0.2) is 5.75 Å². The Balaban J connectivity index is 2.19. The molecule has 0 saturated carbocycles. The van der Waals surface area contributed by atoms with Gasteiger partial charge in [0, 0.05) is 13.2 Å². The first-order valence-electron chi connectivity index (χ1n) is 8.12. The first-order chi connectivity index (χ1) is 12.9. The first-order valence-corrected chi connectivity index (χ1v) is 8.12. The Bertz CT molecular complexity index is 987. The van der Waals surface area contributed by atoms with Gasteiger partial charge in [-0.2, -0.15) is 0 Å². The number of likely N-dealkylation sites (N-methyl/N-ethyl adjacent to an activating group) is 1. The van der Waals surface area contributed by atoms with E-state index < -0.39 is 11.4 Å². The number of hydrogen-bond acceptors (Lipinski definition) is 7. The maximum atomic E-state index is 12.5. The summed E-state index contributed by atoms with van der Waals surface area (Å²) in [4.78, 5) is 45.7. The van der Waals surface area contributed by atoms with Gasteiger partial charge in [0.1, 0.15) is 17.9 Å². The predicted molar refractivity (Wildman–Crippen MR) is 96.9 cm³/mol. The third-order valence-corrected chi connectivity index (χ3v) is 4.45. The fourth-order valence-corrected chi connectivity index (χ4v) is 3.02. The molecule has 0 radical (unpaired) electrons. The number of aromatic carboxylic acids is 1. The molecule has 0 spiro atoms. The molecule has 0 bridgehead atoms. The van der Waals surface area contributed by atoms with Gasteiger partial charge in [-0.15, -0.1) is 9.81 Å². The molecule has 1 aromatic heterocycles. The zero-order chi connectivity index (χ0) is 19.7. The number of anilines is 1. The van der Waals surface area contributed by atoms with Gasteiger partial charge >= 0.3 is 5.97 Å². The topological polar surface area (TPSA) is 134 Å². The molecule has 142 valence electrons. The summed E-state index contributed by atoms with van der Waals surface area (Å²) in [6, 6.07) is 2.71. The van der Waals surface area contributed by atoms with Crippen molar-refractivity contribution in [3.05, 3.63) is 43.9 Å². The molecule has 27 heavy (non-hydrogen) atoms. The van der Waals surface area contributed by atoms with Crippen molar-refractivity contribution >= 4 is 22.6 Å². The Morgan fingerprint density at radius 1 is 1.33 bits per heavy atom. The summed E-state index contributed by atoms with van der Waals surface area (Å²) in [5.41, 5.74) is -0.245. The Morgan fingerprint density at radius 3 is 2.70 bits per heavy atom. The molecular formula is C16H17N5O6. The summed E-state index contributed by atoms with van der Waals surface area (Å²) in [5.74, 6) is -1.04. The van der Waals surface area contributed by atoms with E-state index in [1.165, 1.54) is 25.4 Å². The van der Waals surface area contributed by atoms with Crippen LogP contribution in [0.4, 0.5) is 5.69 Å². The molecule has 2 heterocycles. The minimum atomic E-state index is -1.31. The SMILES string of the molecule is C[C@H]1COc2c(N(CCN(C)N=O)N=O)ccc3c(=O)c(C(=O)O)cn1c23. The van der Waals surface area contributed by atoms with E-state index in [0.29, 0.717) is 11.2 Å². The lowest BCUT2D eigenvalue weighted by atomic mass is 10.1. The zero-order valence-corrected chi connectivity index (χ0v) is 14.7. The van der Waals surface area contributed by atoms with Crippen LogP contribution in [0.3, 0.4) is 0 Å². The molecule has 11 nitrogen and oxygen atoms in total. The molecular weight excluding hydrogens is 358 g/mol. The van der Waals surface area contributed by atoms with Crippen molar-refractivity contribution in [1.29, 1.82) is 0 Å². The quantitative estimate of drug-likeness (QED) is 0.571. The van der Waals surface area contributed by atoms with Gasteiger partial charge in [0.25, 0.3) is 0 Å². The Hall–Kier alpha value is -3.50. The number of carboxylic acid groups (broad SMARTS) is 1. The molecule has 1 aliphatic heterocycles. The summed E-state index contributed by atoms with van der Waals surface area (Å²) in [7, 11) is 1.46. The number of rotatable bonds is 7. The van der Waals surface area contributed by atoms with Gasteiger partial charge in [0.2, 0.25) is 5.43 Å². The first kappa shape index (κ1) is 18.3. The van der Waals surface area contributed by atoms with E-state index >= 15 is 0 Å². The largest absolute Gasteiger partial charge is 0.487 e. The van der Waals surface area contributed by atoms with Crippen molar-refractivity contribution in [3.63, 3.8) is 0 Å². The molecule has 0 saturated heterocycles. The van der Waals surface area contributed by atoms with Crippen LogP contribution in [0.1, 0.15) is 23.3 Å². The zero-order valence-electron chi connectivity index (χ0n) is 14.7. The maximum Gasteiger partial charge on any atom is 0.341 e. The van der Waals surface area contributed by atoms with Gasteiger partial charge in [0.05, 0.1) is 40.6 Å². The minimum Gasteiger partial charge on any atom is -0.487 e. The molecule has 11 heteroatoms. The average molecular weight is 375 g/mol. The van der Waals surface area contributed by atoms with Crippen LogP contribution < -0.4 is 15.2 Å². The number of aromatic nitrogens is 1. The highest BCUT2D eigenvalue weighted by Gasteiger charge is 2.27. The molecule has 1 atom stereocenters. The van der Waals surface area contributed by atoms with Crippen LogP contribution in [0.2, 0.25) is 0 Å². The lowest BCUT2D eigenvalue weighted by Gasteiger charge is -2.29. The number of carbonyl (C=O) groups is 1. The smallest absolute Gasteiger partial charge is 0.341 e. The van der Waals surface area contributed by atoms with Crippen molar-refractivity contribution in [2.45, 2.75) is 13.0 Å². The van der Waals surface area contributed by atoms with Crippen LogP contribution in [0.25, 0.3) is 10.9 Å². The van der Waals surface area contributed by atoms with E-state index in [1.54, 1.807) is 4.57 Å². The van der Waals surface area contributed by atoms with E-state index in [0.717, 1.165) is 10.0 Å². The maximum absolute atomic E-state index is 12.5. The number of nitroso groups, excluding NO2 is 2. The monoisotopic (exact) mass is 375 g/mol. The predicted octanol–water partition coefficient (Wildman–Crippen LogP) is 1.75. The minimum absolute atomic E-state index is 0.0700. The molecule has 0 fully saturated rings. The Kier molecular flexibility index (Phi) is 4.75. The molecule has 0 unspecified atom stereocenters. The van der Waals surface area contributed by atoms with Crippen molar-refractivity contribution in [2.24, 2.45) is 10.6 Å². The van der Waals surface area contributed by atoms with Crippen LogP contribution in [-0.4, -0.2) is 47.4 Å². The third-order valence-electron chi connectivity index (χ3n) is 4.45. The number of ether oxygens (including phenoxy) is 1. The number of benzene rings is 1. The number of carboxylic acids is 1. The summed E-state index contributed by atoms with van der Waals surface area (Å²) in [6.45, 7) is 2.27. The van der Waals surface area contributed by atoms with Crippen LogP contribution in [0.5, 0.6) is 5.75 Å². The van der Waals surface area contributed by atoms with Gasteiger partial charge in [-0.3, -0.25) is 9.80 Å². The number of nitrogens with zero attached hydrogens (tertiary/aromatic N) is 5. The van der Waals surface area contributed by atoms with Gasteiger partial charge in [-0.1, -0.05) is 0 Å². The highest BCUT2D eigenvalue weighted by atomic mass is 16.5. The summed E-state index contributed by atoms with van der Waals surface area (Å²) in [6.07, 6.45) is 1.29. The molecule has 0 amide bonds. The van der Waals surface area contributed by atoms with Crippen molar-refractivity contribution in [1.82, 2.24) is 9.58 Å². The number of hydrogen-bond donors (Lipinski definition) is 1. The third kappa shape index (κ3) is 3.07. The van der Waals surface area contributed by atoms with Gasteiger partial charge < -0.3 is 14.4 Å². The normalized spacial score (nSPS) is 15.1. The molecule has 3 rings (SSSR count). The van der Waals surface area contributed by atoms with Crippen LogP contribution in [0, 0.1) is 9.81 Å². The second-order valence-electron chi connectivity index (χ2n) is 6.22. The van der Waals surface area contributed by atoms with E-state index in [4.69, 9.17) is 4.74 Å². The second-order valence-corrected chi connectivity index (χ2v) is 6.22. The van der Waals surface area contributed by atoms with Crippen molar-refractivity contribution in [2.75, 3.05) is 31.8 Å². The van der Waals surface area contributed by atoms with Crippen molar-refractivity contribution in [3.8, 4) is 5.75 Å². The van der Waals surface area contributed by atoms with E-state index in [2.05, 4.69) is 10.6 Å². The van der Waals surface area contributed by atoms with Crippen LogP contribution in [-0.2, 0) is 0 Å². The lowest BCUT2D eigenvalue weighted by molar-refractivity contribution is 0.0694. The molecule has 2 aromatic rings. The Labute approximate surface area is 152 Å². The van der Waals surface area contributed by atoms with E-state index in [1.807, 2.05) is 6.92 Å². The summed E-state index contributed by atoms with van der Waals surface area (Å²) >= 11 is 0. The van der Waals surface area contributed by atoms with Crippen LogP contribution in [0.15, 0.2) is 33.7 Å². The van der Waals surface area contributed by atoms with Crippen molar-refractivity contribution < 1.29 is 14.6 Å². The van der Waals surface area contributed by atoms with E-state index in [9.17, 15) is 24.5 Å². The number of pyridine rings is 1. The molecule has 1 N–H and O–H groups in total.